The molecule has 1 fully saturated rings. The number of rotatable bonds is 2. The summed E-state index contributed by atoms with van der Waals surface area (Å²) in [6, 6.07) is 8.04. The molecule has 8 heteroatoms. The average molecular weight is 388 g/mol. The van der Waals surface area contributed by atoms with E-state index < -0.39 is 0 Å². The highest BCUT2D eigenvalue weighted by molar-refractivity contribution is 7.25. The molecule has 0 aliphatic carbocycles. The lowest BCUT2D eigenvalue weighted by Gasteiger charge is -2.28. The Balaban J connectivity index is 1.67. The van der Waals surface area contributed by atoms with Gasteiger partial charge in [-0.25, -0.2) is 19.9 Å². The first kappa shape index (κ1) is 15.9. The second-order valence-electron chi connectivity index (χ2n) is 6.70. The van der Waals surface area contributed by atoms with Crippen molar-refractivity contribution < 1.29 is 4.74 Å². The molecule has 1 saturated heterocycles. The number of fused-ring (bicyclic) bond motifs is 4. The third-order valence-corrected chi connectivity index (χ3v) is 6.18. The van der Waals surface area contributed by atoms with E-state index >= 15 is 0 Å². The lowest BCUT2D eigenvalue weighted by molar-refractivity contribution is 0.122. The van der Waals surface area contributed by atoms with Crippen LogP contribution >= 0.6 is 11.3 Å². The molecular weight excluding hydrogens is 372 g/mol. The Bertz CT molecular complexity index is 1320. The second kappa shape index (κ2) is 6.22. The summed E-state index contributed by atoms with van der Waals surface area (Å²) in [7, 11) is 0. The summed E-state index contributed by atoms with van der Waals surface area (Å²) < 4.78 is 6.63. The summed E-state index contributed by atoms with van der Waals surface area (Å²) in [5, 5.41) is 2.09. The van der Waals surface area contributed by atoms with Crippen LogP contribution in [-0.4, -0.2) is 51.2 Å². The molecular formula is C20H16N6OS. The Morgan fingerprint density at radius 1 is 1.00 bits per heavy atom. The van der Waals surface area contributed by atoms with Crippen LogP contribution < -0.4 is 4.90 Å². The molecule has 7 nitrogen and oxygen atoms in total. The summed E-state index contributed by atoms with van der Waals surface area (Å²) in [6.07, 6.45) is 5.52. The molecule has 1 N–H and O–H groups in total. The van der Waals surface area contributed by atoms with Gasteiger partial charge in [0.1, 0.15) is 10.5 Å². The number of aromatic nitrogens is 5. The van der Waals surface area contributed by atoms with Gasteiger partial charge >= 0.3 is 0 Å². The number of H-pyrrole nitrogens is 1. The molecule has 0 aromatic carbocycles. The summed E-state index contributed by atoms with van der Waals surface area (Å²) in [6.45, 7) is 3.06. The van der Waals surface area contributed by atoms with E-state index in [9.17, 15) is 0 Å². The Morgan fingerprint density at radius 2 is 1.93 bits per heavy atom. The number of hydrogen-bond acceptors (Lipinski definition) is 7. The number of thiophene rings is 1. The number of hydrogen-bond donors (Lipinski definition) is 1. The van der Waals surface area contributed by atoms with Crippen LogP contribution in [0.3, 0.4) is 0 Å². The molecule has 5 aromatic rings. The summed E-state index contributed by atoms with van der Waals surface area (Å²) in [5.74, 6) is 1.68. The molecule has 0 radical (unpaired) electrons. The molecule has 6 rings (SSSR count). The topological polar surface area (TPSA) is 79.8 Å². The number of nitrogens with one attached hydrogen (secondary N) is 1. The van der Waals surface area contributed by atoms with Crippen molar-refractivity contribution in [1.82, 2.24) is 24.9 Å². The number of ether oxygens (including phenoxy) is 1. The maximum absolute atomic E-state index is 5.55. The minimum atomic E-state index is 0.710. The van der Waals surface area contributed by atoms with E-state index in [4.69, 9.17) is 14.7 Å². The minimum absolute atomic E-state index is 0.710. The van der Waals surface area contributed by atoms with Crippen LogP contribution in [0.15, 0.2) is 42.9 Å². The predicted octanol–water partition coefficient (Wildman–Crippen LogP) is 3.62. The molecule has 5 aromatic heterocycles. The third-order valence-electron chi connectivity index (χ3n) is 5.08. The molecule has 0 bridgehead atoms. The molecule has 0 spiro atoms. The molecule has 0 amide bonds. The minimum Gasteiger partial charge on any atom is -0.378 e. The largest absolute Gasteiger partial charge is 0.378 e. The first-order chi connectivity index (χ1) is 13.9. The first-order valence-corrected chi connectivity index (χ1v) is 10.0. The molecule has 28 heavy (non-hydrogen) atoms. The van der Waals surface area contributed by atoms with Crippen molar-refractivity contribution in [3.63, 3.8) is 0 Å². The summed E-state index contributed by atoms with van der Waals surface area (Å²) in [4.78, 5) is 25.4. The standard InChI is InChI=1S/C20H16N6OS/c1-2-14-15-16(28-20(14)23-5-1)19(26-8-10-27-11-9-26)25-18(24-15)13-4-7-22-17-12(13)3-6-21-17/h1-7H,8-11H2,(H,21,22). The summed E-state index contributed by atoms with van der Waals surface area (Å²) in [5.41, 5.74) is 2.77. The number of nitrogens with zero attached hydrogens (tertiary/aromatic N) is 5. The molecule has 1 aliphatic heterocycles. The monoisotopic (exact) mass is 388 g/mol. The van der Waals surface area contributed by atoms with Crippen LogP contribution in [0.5, 0.6) is 0 Å². The van der Waals surface area contributed by atoms with Gasteiger partial charge in [0, 0.05) is 48.0 Å². The van der Waals surface area contributed by atoms with Crippen LogP contribution in [0.4, 0.5) is 5.82 Å². The number of aromatic amines is 1. The van der Waals surface area contributed by atoms with Crippen molar-refractivity contribution in [2.24, 2.45) is 0 Å². The number of morpholine rings is 1. The van der Waals surface area contributed by atoms with Crippen molar-refractivity contribution in [2.45, 2.75) is 0 Å². The van der Waals surface area contributed by atoms with Gasteiger partial charge in [0.25, 0.3) is 0 Å². The van der Waals surface area contributed by atoms with Crippen LogP contribution in [0.25, 0.3) is 42.9 Å². The Morgan fingerprint density at radius 3 is 2.86 bits per heavy atom. The van der Waals surface area contributed by atoms with Gasteiger partial charge in [0.15, 0.2) is 11.6 Å². The molecule has 0 atom stereocenters. The highest BCUT2D eigenvalue weighted by Gasteiger charge is 2.22. The molecule has 138 valence electrons. The van der Waals surface area contributed by atoms with Gasteiger partial charge in [-0.15, -0.1) is 11.3 Å². The first-order valence-electron chi connectivity index (χ1n) is 9.19. The number of pyridine rings is 2. The highest BCUT2D eigenvalue weighted by atomic mass is 32.1. The van der Waals surface area contributed by atoms with Gasteiger partial charge < -0.3 is 14.6 Å². The van der Waals surface area contributed by atoms with Crippen molar-refractivity contribution in [3.05, 3.63) is 42.9 Å². The van der Waals surface area contributed by atoms with Gasteiger partial charge in [-0.2, -0.15) is 0 Å². The van der Waals surface area contributed by atoms with Crippen LogP contribution in [0.1, 0.15) is 0 Å². The number of anilines is 1. The van der Waals surface area contributed by atoms with Crippen LogP contribution in [0, 0.1) is 0 Å². The average Bonchev–Trinajstić information content (AvgIpc) is 3.38. The Labute approximate surface area is 164 Å². The van der Waals surface area contributed by atoms with E-state index in [1.165, 1.54) is 0 Å². The second-order valence-corrected chi connectivity index (χ2v) is 7.70. The van der Waals surface area contributed by atoms with Crippen LogP contribution in [0.2, 0.25) is 0 Å². The fourth-order valence-corrected chi connectivity index (χ4v) is 4.83. The maximum atomic E-state index is 5.55. The van der Waals surface area contributed by atoms with Gasteiger partial charge in [-0.05, 0) is 24.3 Å². The predicted molar refractivity (Wildman–Crippen MR) is 111 cm³/mol. The van der Waals surface area contributed by atoms with E-state index in [0.29, 0.717) is 19.0 Å². The van der Waals surface area contributed by atoms with Gasteiger partial charge in [0.2, 0.25) is 0 Å². The molecule has 1 aliphatic rings. The normalized spacial score (nSPS) is 15.1. The van der Waals surface area contributed by atoms with E-state index in [2.05, 4.69) is 25.9 Å². The van der Waals surface area contributed by atoms with E-state index in [1.54, 1.807) is 17.5 Å². The SMILES string of the molecule is c1cnc2sc3c(N4CCOCC4)nc(-c4ccnc5[nH]ccc45)nc3c2c1. The van der Waals surface area contributed by atoms with Crippen molar-refractivity contribution in [3.8, 4) is 11.4 Å². The lowest BCUT2D eigenvalue weighted by atomic mass is 10.1. The highest BCUT2D eigenvalue weighted by Crippen LogP contribution is 2.39. The van der Waals surface area contributed by atoms with Crippen molar-refractivity contribution >= 4 is 48.6 Å². The van der Waals surface area contributed by atoms with Crippen LogP contribution in [-0.2, 0) is 4.74 Å². The van der Waals surface area contributed by atoms with Gasteiger partial charge in [-0.1, -0.05) is 0 Å². The Kier molecular flexibility index (Phi) is 3.53. The zero-order chi connectivity index (χ0) is 18.5. The fourth-order valence-electron chi connectivity index (χ4n) is 3.73. The molecule has 0 unspecified atom stereocenters. The summed E-state index contributed by atoms with van der Waals surface area (Å²) >= 11 is 1.65. The zero-order valence-electron chi connectivity index (χ0n) is 14.9. The quantitative estimate of drug-likeness (QED) is 0.498. The third kappa shape index (κ3) is 2.38. The van der Waals surface area contributed by atoms with E-state index in [-0.39, 0.29) is 0 Å². The smallest absolute Gasteiger partial charge is 0.163 e. The van der Waals surface area contributed by atoms with Gasteiger partial charge in [-0.3, -0.25) is 0 Å². The Hall–Kier alpha value is -3.10. The fraction of sp³-hybridized carbons (Fsp3) is 0.200. The maximum Gasteiger partial charge on any atom is 0.163 e. The lowest BCUT2D eigenvalue weighted by Crippen LogP contribution is -2.36. The van der Waals surface area contributed by atoms with Crippen molar-refractivity contribution in [2.75, 3.05) is 31.2 Å². The zero-order valence-corrected chi connectivity index (χ0v) is 15.7. The molecule has 6 heterocycles. The van der Waals surface area contributed by atoms with E-state index in [1.807, 2.05) is 30.6 Å². The van der Waals surface area contributed by atoms with E-state index in [0.717, 1.165) is 55.9 Å². The van der Waals surface area contributed by atoms with Crippen molar-refractivity contribution in [1.29, 1.82) is 0 Å². The van der Waals surface area contributed by atoms with Gasteiger partial charge in [0.05, 0.1) is 23.4 Å². The molecule has 0 saturated carbocycles.